The fraction of sp³-hybridized carbons (Fsp3) is 0.379. The summed E-state index contributed by atoms with van der Waals surface area (Å²) in [6.07, 6.45) is 0.831. The Hall–Kier alpha value is -3.65. The molecule has 0 spiro atoms. The maximum Gasteiger partial charge on any atom is 0.336 e. The molecule has 8 heteroatoms. The summed E-state index contributed by atoms with van der Waals surface area (Å²) in [6.45, 7) is 4.56. The number of allylic oxidation sites excluding steroid dienone is 3. The van der Waals surface area contributed by atoms with Crippen LogP contribution in [0.4, 0.5) is 4.39 Å². The Morgan fingerprint density at radius 3 is 2.38 bits per heavy atom. The quantitative estimate of drug-likeness (QED) is 0.385. The lowest BCUT2D eigenvalue weighted by atomic mass is 9.71. The van der Waals surface area contributed by atoms with Crippen LogP contribution in [-0.2, 0) is 19.1 Å². The average Bonchev–Trinajstić information content (AvgIpc) is 2.90. The molecule has 0 saturated heterocycles. The van der Waals surface area contributed by atoms with E-state index in [4.69, 9.17) is 18.9 Å². The second-order valence-corrected chi connectivity index (χ2v) is 9.02. The van der Waals surface area contributed by atoms with Crippen molar-refractivity contribution in [1.29, 1.82) is 0 Å². The van der Waals surface area contributed by atoms with Crippen LogP contribution in [0.2, 0.25) is 0 Å². The smallest absolute Gasteiger partial charge is 0.336 e. The van der Waals surface area contributed by atoms with Gasteiger partial charge in [0, 0.05) is 35.9 Å². The summed E-state index contributed by atoms with van der Waals surface area (Å²) < 4.78 is 35.3. The van der Waals surface area contributed by atoms with Crippen LogP contribution < -0.4 is 14.8 Å². The standard InChI is InChI=1S/C29H32FNO6/c1-5-36-12-13-37-29(33)26-17(2)31-22-14-20(19-8-11-24(34-3)25(16-19)35-4)15-23(32)28(22)27(26)18-6-9-21(30)10-7-18/h6-11,16,20,27,31H,5,12-15H2,1-4H3/t20-,27+/m1/s1. The van der Waals surface area contributed by atoms with Crippen LogP contribution in [0.15, 0.2) is 65.0 Å². The summed E-state index contributed by atoms with van der Waals surface area (Å²) >= 11 is 0. The van der Waals surface area contributed by atoms with Crippen molar-refractivity contribution in [3.63, 3.8) is 0 Å². The number of hydrogen-bond donors (Lipinski definition) is 1. The van der Waals surface area contributed by atoms with Gasteiger partial charge in [0.25, 0.3) is 0 Å². The highest BCUT2D eigenvalue weighted by Crippen LogP contribution is 2.46. The predicted molar refractivity (Wildman–Crippen MR) is 136 cm³/mol. The molecule has 0 radical (unpaired) electrons. The fourth-order valence-electron chi connectivity index (χ4n) is 5.06. The number of carbonyl (C=O) groups excluding carboxylic acids is 2. The summed E-state index contributed by atoms with van der Waals surface area (Å²) in [4.78, 5) is 26.9. The molecule has 2 aromatic carbocycles. The van der Waals surface area contributed by atoms with Crippen LogP contribution in [-0.4, -0.2) is 45.8 Å². The number of dihydropyridines is 1. The average molecular weight is 510 g/mol. The van der Waals surface area contributed by atoms with Crippen molar-refractivity contribution >= 4 is 11.8 Å². The Morgan fingerprint density at radius 1 is 1.00 bits per heavy atom. The van der Waals surface area contributed by atoms with Crippen LogP contribution in [0, 0.1) is 5.82 Å². The Balaban J connectivity index is 1.70. The van der Waals surface area contributed by atoms with Gasteiger partial charge in [0.15, 0.2) is 17.3 Å². The number of rotatable bonds is 9. The number of esters is 1. The maximum atomic E-state index is 13.8. The van der Waals surface area contributed by atoms with Gasteiger partial charge in [-0.2, -0.15) is 0 Å². The van der Waals surface area contributed by atoms with Gasteiger partial charge in [0.2, 0.25) is 0 Å². The maximum absolute atomic E-state index is 13.8. The van der Waals surface area contributed by atoms with Gasteiger partial charge < -0.3 is 24.3 Å². The zero-order valence-corrected chi connectivity index (χ0v) is 21.6. The van der Waals surface area contributed by atoms with Gasteiger partial charge in [0.1, 0.15) is 12.4 Å². The Kier molecular flexibility index (Phi) is 8.28. The number of Topliss-reactive ketones (excluding diaryl/α,β-unsaturated/α-hetero) is 1. The largest absolute Gasteiger partial charge is 0.493 e. The van der Waals surface area contributed by atoms with E-state index in [1.54, 1.807) is 33.3 Å². The van der Waals surface area contributed by atoms with Gasteiger partial charge in [-0.05, 0) is 61.6 Å². The first-order valence-corrected chi connectivity index (χ1v) is 12.3. The summed E-state index contributed by atoms with van der Waals surface area (Å²) in [5.74, 6) is -0.518. The third-order valence-corrected chi connectivity index (χ3v) is 6.79. The first-order valence-electron chi connectivity index (χ1n) is 12.3. The fourth-order valence-corrected chi connectivity index (χ4v) is 5.06. The van der Waals surface area contributed by atoms with Gasteiger partial charge >= 0.3 is 5.97 Å². The highest BCUT2D eigenvalue weighted by Gasteiger charge is 2.41. The van der Waals surface area contributed by atoms with Crippen molar-refractivity contribution in [1.82, 2.24) is 5.32 Å². The molecule has 7 nitrogen and oxygen atoms in total. The minimum Gasteiger partial charge on any atom is -0.493 e. The molecule has 0 fully saturated rings. The van der Waals surface area contributed by atoms with Crippen molar-refractivity contribution in [2.75, 3.05) is 34.0 Å². The lowest BCUT2D eigenvalue weighted by Gasteiger charge is -2.36. The normalized spacial score (nSPS) is 19.3. The minimum atomic E-state index is -0.657. The molecule has 0 aromatic heterocycles. The molecule has 1 N–H and O–H groups in total. The summed E-state index contributed by atoms with van der Waals surface area (Å²) in [6, 6.07) is 11.6. The molecule has 1 aliphatic carbocycles. The van der Waals surface area contributed by atoms with Crippen molar-refractivity contribution in [2.24, 2.45) is 0 Å². The number of halogens is 1. The molecular formula is C29H32FNO6. The number of ketones is 1. The molecule has 1 aliphatic heterocycles. The number of hydrogen-bond acceptors (Lipinski definition) is 7. The number of methoxy groups -OCH3 is 2. The van der Waals surface area contributed by atoms with Crippen LogP contribution >= 0.6 is 0 Å². The van der Waals surface area contributed by atoms with Gasteiger partial charge in [0.05, 0.1) is 26.4 Å². The topological polar surface area (TPSA) is 83.1 Å². The lowest BCUT2D eigenvalue weighted by molar-refractivity contribution is -0.140. The third kappa shape index (κ3) is 5.54. The number of ether oxygens (including phenoxy) is 4. The van der Waals surface area contributed by atoms with Gasteiger partial charge in [-0.25, -0.2) is 9.18 Å². The first kappa shape index (κ1) is 26.4. The SMILES string of the molecule is CCOCCOC(=O)C1=C(C)NC2=C(C(=O)C[C@H](c3ccc(OC)c(OC)c3)C2)[C@H]1c1ccc(F)cc1. The molecule has 0 saturated carbocycles. The second kappa shape index (κ2) is 11.6. The first-order chi connectivity index (χ1) is 17.9. The molecule has 37 heavy (non-hydrogen) atoms. The minimum absolute atomic E-state index is 0.0741. The van der Waals surface area contributed by atoms with Gasteiger partial charge in [-0.1, -0.05) is 18.2 Å². The number of nitrogens with one attached hydrogen (secondary N) is 1. The Morgan fingerprint density at radius 2 is 1.70 bits per heavy atom. The van der Waals surface area contributed by atoms with Gasteiger partial charge in [-0.15, -0.1) is 0 Å². The molecular weight excluding hydrogens is 477 g/mol. The molecule has 2 aliphatic rings. The van der Waals surface area contributed by atoms with Crippen molar-refractivity contribution < 1.29 is 32.9 Å². The van der Waals surface area contributed by atoms with Gasteiger partial charge in [-0.3, -0.25) is 4.79 Å². The molecule has 0 amide bonds. The molecule has 0 unspecified atom stereocenters. The van der Waals surface area contributed by atoms with E-state index in [0.717, 1.165) is 11.3 Å². The molecule has 4 rings (SSSR count). The highest BCUT2D eigenvalue weighted by atomic mass is 19.1. The van der Waals surface area contributed by atoms with Crippen molar-refractivity contribution in [3.8, 4) is 11.5 Å². The molecule has 1 heterocycles. The highest BCUT2D eigenvalue weighted by molar-refractivity contribution is 6.04. The van der Waals surface area contributed by atoms with Crippen LogP contribution in [0.1, 0.15) is 49.7 Å². The van der Waals surface area contributed by atoms with E-state index in [-0.39, 0.29) is 31.3 Å². The van der Waals surface area contributed by atoms with E-state index in [2.05, 4.69) is 5.32 Å². The zero-order chi connectivity index (χ0) is 26.5. The van der Waals surface area contributed by atoms with E-state index in [1.165, 1.54) is 12.1 Å². The number of benzene rings is 2. The molecule has 2 aromatic rings. The monoisotopic (exact) mass is 509 g/mol. The van der Waals surface area contributed by atoms with Crippen LogP contribution in [0.5, 0.6) is 11.5 Å². The van der Waals surface area contributed by atoms with Crippen LogP contribution in [0.3, 0.4) is 0 Å². The summed E-state index contributed by atoms with van der Waals surface area (Å²) in [5.41, 5.74) is 3.85. The van der Waals surface area contributed by atoms with E-state index in [0.29, 0.717) is 46.9 Å². The van der Waals surface area contributed by atoms with E-state index in [9.17, 15) is 14.0 Å². The van der Waals surface area contributed by atoms with E-state index in [1.807, 2.05) is 25.1 Å². The molecule has 2 atom stereocenters. The Bertz CT molecular complexity index is 1230. The third-order valence-electron chi connectivity index (χ3n) is 6.79. The van der Waals surface area contributed by atoms with Crippen molar-refractivity contribution in [3.05, 3.63) is 81.9 Å². The lowest BCUT2D eigenvalue weighted by Crippen LogP contribution is -2.36. The summed E-state index contributed by atoms with van der Waals surface area (Å²) in [5, 5.41) is 3.32. The zero-order valence-electron chi connectivity index (χ0n) is 21.6. The summed E-state index contributed by atoms with van der Waals surface area (Å²) in [7, 11) is 3.16. The molecule has 0 bridgehead atoms. The van der Waals surface area contributed by atoms with Crippen LogP contribution in [0.25, 0.3) is 0 Å². The van der Waals surface area contributed by atoms with Crippen molar-refractivity contribution in [2.45, 2.75) is 38.5 Å². The second-order valence-electron chi connectivity index (χ2n) is 9.02. The van der Waals surface area contributed by atoms with E-state index >= 15 is 0 Å². The molecule has 196 valence electrons. The predicted octanol–water partition coefficient (Wildman–Crippen LogP) is 4.78. The Labute approximate surface area is 216 Å². The van der Waals surface area contributed by atoms with E-state index < -0.39 is 17.7 Å². The number of carbonyl (C=O) groups is 2.